The Bertz CT molecular complexity index is 378. The van der Waals surface area contributed by atoms with E-state index < -0.39 is 23.3 Å². The molecule has 0 saturated heterocycles. The average molecular weight is 300 g/mol. The van der Waals surface area contributed by atoms with Gasteiger partial charge in [-0.1, -0.05) is 0 Å². The molecule has 0 atom stereocenters. The van der Waals surface area contributed by atoms with Gasteiger partial charge in [0.1, 0.15) is 16.9 Å². The van der Waals surface area contributed by atoms with Crippen LogP contribution in [-0.4, -0.2) is 35.5 Å². The van der Waals surface area contributed by atoms with Gasteiger partial charge in [-0.2, -0.15) is 0 Å². The van der Waals surface area contributed by atoms with Gasteiger partial charge in [0.2, 0.25) is 0 Å². The first kappa shape index (κ1) is 19.4. The molecule has 6 heteroatoms. The monoisotopic (exact) mass is 300 g/mol. The van der Waals surface area contributed by atoms with Crippen molar-refractivity contribution in [2.75, 3.05) is 6.54 Å². The van der Waals surface area contributed by atoms with Gasteiger partial charge in [0.25, 0.3) is 0 Å². The first-order valence-electron chi connectivity index (χ1n) is 7.18. The Hall–Kier alpha value is -1.59. The molecule has 0 aromatic rings. The van der Waals surface area contributed by atoms with Crippen LogP contribution in [0.1, 0.15) is 60.8 Å². The molecular weight excluding hydrogens is 272 g/mol. The number of esters is 1. The number of hydrogen-bond acceptors (Lipinski definition) is 5. The van der Waals surface area contributed by atoms with Crippen molar-refractivity contribution in [3.8, 4) is 0 Å². The van der Waals surface area contributed by atoms with E-state index >= 15 is 0 Å². The van der Waals surface area contributed by atoms with Crippen LogP contribution in [0.3, 0.4) is 0 Å². The molecule has 0 fully saturated rings. The van der Waals surface area contributed by atoms with Crippen molar-refractivity contribution >= 4 is 17.8 Å². The van der Waals surface area contributed by atoms with Gasteiger partial charge < -0.3 is 14.8 Å². The number of unbranched alkanes of at least 4 members (excludes halogenated alkanes) is 1. The summed E-state index contributed by atoms with van der Waals surface area (Å²) in [6.07, 6.45) is 1.19. The zero-order valence-electron chi connectivity index (χ0n) is 14.0. The van der Waals surface area contributed by atoms with Gasteiger partial charge in [0.05, 0.1) is 0 Å². The van der Waals surface area contributed by atoms with Crippen LogP contribution in [-0.2, 0) is 14.3 Å². The van der Waals surface area contributed by atoms with Crippen molar-refractivity contribution < 1.29 is 19.1 Å². The molecule has 0 aliphatic carbocycles. The van der Waals surface area contributed by atoms with Crippen molar-refractivity contribution in [3.05, 3.63) is 0 Å². The van der Waals surface area contributed by atoms with E-state index in [2.05, 4.69) is 5.32 Å². The summed E-state index contributed by atoms with van der Waals surface area (Å²) in [5, 5.41) is 10.3. The molecule has 0 unspecified atom stereocenters. The second-order valence-corrected chi connectivity index (χ2v) is 6.87. The Morgan fingerprint density at radius 2 is 1.48 bits per heavy atom. The number of ether oxygens (including phenoxy) is 2. The summed E-state index contributed by atoms with van der Waals surface area (Å²) in [5.41, 5.74) is -1.13. The lowest BCUT2D eigenvalue weighted by Crippen LogP contribution is -2.33. The summed E-state index contributed by atoms with van der Waals surface area (Å²) in [4.78, 5) is 22.9. The number of carbonyl (C=O) groups excluding carboxylic acids is 2. The maximum Gasteiger partial charge on any atom is 0.407 e. The molecule has 21 heavy (non-hydrogen) atoms. The Morgan fingerprint density at radius 3 is 1.95 bits per heavy atom. The highest BCUT2D eigenvalue weighted by Crippen LogP contribution is 2.09. The van der Waals surface area contributed by atoms with Crippen LogP contribution >= 0.6 is 0 Å². The lowest BCUT2D eigenvalue weighted by atomic mass is 10.1. The van der Waals surface area contributed by atoms with Crippen LogP contribution in [0.25, 0.3) is 0 Å². The predicted octanol–water partition coefficient (Wildman–Crippen LogP) is 3.04. The maximum atomic E-state index is 11.6. The normalized spacial score (nSPS) is 11.7. The quantitative estimate of drug-likeness (QED) is 0.448. The van der Waals surface area contributed by atoms with Crippen molar-refractivity contribution in [3.63, 3.8) is 0 Å². The van der Waals surface area contributed by atoms with Crippen LogP contribution in [0, 0.1) is 5.41 Å². The van der Waals surface area contributed by atoms with Gasteiger partial charge in [-0.3, -0.25) is 5.41 Å². The van der Waals surface area contributed by atoms with Crippen LogP contribution in [0.15, 0.2) is 0 Å². The van der Waals surface area contributed by atoms with Crippen LogP contribution < -0.4 is 5.32 Å². The third kappa shape index (κ3) is 11.9. The van der Waals surface area contributed by atoms with E-state index in [1.54, 1.807) is 41.5 Å². The molecule has 0 aliphatic rings. The molecule has 0 radical (unpaired) electrons. The van der Waals surface area contributed by atoms with Crippen molar-refractivity contribution in [2.45, 2.75) is 72.0 Å². The summed E-state index contributed by atoms with van der Waals surface area (Å²) < 4.78 is 10.2. The van der Waals surface area contributed by atoms with Crippen molar-refractivity contribution in [1.82, 2.24) is 5.32 Å². The lowest BCUT2D eigenvalue weighted by molar-refractivity contribution is -0.146. The number of hydrogen-bond donors (Lipinski definition) is 2. The molecule has 0 heterocycles. The fourth-order valence-corrected chi connectivity index (χ4v) is 1.37. The van der Waals surface area contributed by atoms with E-state index in [-0.39, 0.29) is 5.71 Å². The zero-order chi connectivity index (χ0) is 16.7. The van der Waals surface area contributed by atoms with Crippen molar-refractivity contribution in [1.29, 1.82) is 5.41 Å². The molecule has 122 valence electrons. The van der Waals surface area contributed by atoms with E-state index in [1.165, 1.54) is 0 Å². The number of alkyl carbamates (subject to hydrolysis) is 1. The largest absolute Gasteiger partial charge is 0.456 e. The second-order valence-electron chi connectivity index (χ2n) is 6.87. The third-order valence-corrected chi connectivity index (χ3v) is 2.17. The number of carbonyl (C=O) groups is 2. The molecular formula is C15H28N2O4. The number of rotatable bonds is 6. The smallest absolute Gasteiger partial charge is 0.407 e. The van der Waals surface area contributed by atoms with Gasteiger partial charge in [0.15, 0.2) is 0 Å². The standard InChI is InChI=1S/C15H28N2O4/c1-14(2,3)20-12(18)11(16)9-7-8-10-17-13(19)21-15(4,5)6/h16H,7-10H2,1-6H3,(H,17,19). The molecule has 0 aliphatic heterocycles. The van der Waals surface area contributed by atoms with Crippen LogP contribution in [0.2, 0.25) is 0 Å². The van der Waals surface area contributed by atoms with Gasteiger partial charge >= 0.3 is 12.1 Å². The second kappa shape index (κ2) is 8.00. The number of amides is 1. The molecule has 0 saturated carbocycles. The summed E-state index contributed by atoms with van der Waals surface area (Å²) in [6, 6.07) is 0. The predicted molar refractivity (Wildman–Crippen MR) is 81.7 cm³/mol. The fraction of sp³-hybridized carbons (Fsp3) is 0.800. The summed E-state index contributed by atoms with van der Waals surface area (Å²) in [6.45, 7) is 11.2. The fourth-order valence-electron chi connectivity index (χ4n) is 1.37. The van der Waals surface area contributed by atoms with Gasteiger partial charge in [-0.05, 0) is 60.8 Å². The van der Waals surface area contributed by atoms with E-state index in [0.717, 1.165) is 0 Å². The van der Waals surface area contributed by atoms with Gasteiger partial charge in [-0.25, -0.2) is 9.59 Å². The summed E-state index contributed by atoms with van der Waals surface area (Å²) >= 11 is 0. The van der Waals surface area contributed by atoms with E-state index in [1.807, 2.05) is 0 Å². The minimum absolute atomic E-state index is 0.0396. The summed E-state index contributed by atoms with van der Waals surface area (Å²) in [7, 11) is 0. The van der Waals surface area contributed by atoms with E-state index in [0.29, 0.717) is 25.8 Å². The van der Waals surface area contributed by atoms with Gasteiger partial charge in [-0.15, -0.1) is 0 Å². The van der Waals surface area contributed by atoms with Crippen molar-refractivity contribution in [2.24, 2.45) is 0 Å². The Balaban J connectivity index is 3.79. The van der Waals surface area contributed by atoms with Crippen LogP contribution in [0.5, 0.6) is 0 Å². The maximum absolute atomic E-state index is 11.6. The average Bonchev–Trinajstić information content (AvgIpc) is 2.23. The first-order valence-corrected chi connectivity index (χ1v) is 7.18. The van der Waals surface area contributed by atoms with Crippen LogP contribution in [0.4, 0.5) is 4.79 Å². The molecule has 0 aromatic carbocycles. The summed E-state index contributed by atoms with van der Waals surface area (Å²) in [5.74, 6) is -0.581. The minimum atomic E-state index is -0.582. The Morgan fingerprint density at radius 1 is 0.952 bits per heavy atom. The molecule has 0 aromatic heterocycles. The minimum Gasteiger partial charge on any atom is -0.456 e. The lowest BCUT2D eigenvalue weighted by Gasteiger charge is -2.20. The van der Waals surface area contributed by atoms with Gasteiger partial charge in [0, 0.05) is 6.54 Å². The molecule has 6 nitrogen and oxygen atoms in total. The number of nitrogens with one attached hydrogen (secondary N) is 2. The zero-order valence-corrected chi connectivity index (χ0v) is 14.0. The molecule has 1 amide bonds. The Labute approximate surface area is 127 Å². The molecule has 0 rings (SSSR count). The highest BCUT2D eigenvalue weighted by molar-refractivity contribution is 6.35. The van der Waals surface area contributed by atoms with E-state index in [9.17, 15) is 9.59 Å². The first-order chi connectivity index (χ1) is 9.41. The molecule has 0 spiro atoms. The topological polar surface area (TPSA) is 88.5 Å². The highest BCUT2D eigenvalue weighted by atomic mass is 16.6. The molecule has 0 bridgehead atoms. The third-order valence-electron chi connectivity index (χ3n) is 2.17. The molecule has 2 N–H and O–H groups in total. The SMILES string of the molecule is CC(C)(C)OC(=O)NCCCCC(=N)C(=O)OC(C)(C)C. The highest BCUT2D eigenvalue weighted by Gasteiger charge is 2.19. The Kier molecular flexibility index (Phi) is 7.39. The van der Waals surface area contributed by atoms with E-state index in [4.69, 9.17) is 14.9 Å².